The van der Waals surface area contributed by atoms with E-state index in [2.05, 4.69) is 5.32 Å². The molecule has 1 unspecified atom stereocenters. The van der Waals surface area contributed by atoms with Crippen molar-refractivity contribution in [3.63, 3.8) is 0 Å². The van der Waals surface area contributed by atoms with Crippen molar-refractivity contribution in [2.24, 2.45) is 5.41 Å². The van der Waals surface area contributed by atoms with E-state index in [9.17, 15) is 14.4 Å². The Kier molecular flexibility index (Phi) is 4.85. The SMILES string of the molecule is CC(C)(CC(=O)NC(C(=O)O)c1ccccc1)C(=O)O. The molecule has 0 heterocycles. The Balaban J connectivity index is 2.80. The standard InChI is InChI=1S/C14H17NO5/c1-14(2,13(19)20)8-10(16)15-11(12(17)18)9-6-4-3-5-7-9/h3-7,11H,8H2,1-2H3,(H,15,16)(H,17,18)(H,19,20). The highest BCUT2D eigenvalue weighted by molar-refractivity contribution is 5.88. The second-order valence-corrected chi connectivity index (χ2v) is 5.12. The third kappa shape index (κ3) is 4.08. The molecule has 0 saturated heterocycles. The molecular formula is C14H17NO5. The number of rotatable bonds is 6. The molecule has 0 radical (unpaired) electrons. The summed E-state index contributed by atoms with van der Waals surface area (Å²) in [6.07, 6.45) is -0.293. The lowest BCUT2D eigenvalue weighted by Crippen LogP contribution is -2.38. The fourth-order valence-electron chi connectivity index (χ4n) is 1.62. The Labute approximate surface area is 116 Å². The van der Waals surface area contributed by atoms with Gasteiger partial charge in [-0.2, -0.15) is 0 Å². The van der Waals surface area contributed by atoms with Crippen molar-refractivity contribution in [3.05, 3.63) is 35.9 Å². The van der Waals surface area contributed by atoms with Crippen LogP contribution in [0.4, 0.5) is 0 Å². The van der Waals surface area contributed by atoms with E-state index < -0.39 is 29.3 Å². The smallest absolute Gasteiger partial charge is 0.330 e. The largest absolute Gasteiger partial charge is 0.481 e. The summed E-state index contributed by atoms with van der Waals surface area (Å²) in [6.45, 7) is 2.82. The Morgan fingerprint density at radius 3 is 2.15 bits per heavy atom. The molecule has 0 saturated carbocycles. The number of aliphatic carboxylic acids is 2. The third-order valence-electron chi connectivity index (χ3n) is 2.87. The number of carbonyl (C=O) groups excluding carboxylic acids is 1. The van der Waals surface area contributed by atoms with Crippen LogP contribution in [0.2, 0.25) is 0 Å². The molecule has 108 valence electrons. The van der Waals surface area contributed by atoms with Crippen molar-refractivity contribution in [2.45, 2.75) is 26.3 Å². The normalized spacial score (nSPS) is 12.5. The molecule has 1 amide bonds. The number of hydrogen-bond acceptors (Lipinski definition) is 3. The van der Waals surface area contributed by atoms with E-state index in [0.29, 0.717) is 5.56 Å². The molecule has 1 atom stereocenters. The van der Waals surface area contributed by atoms with Gasteiger partial charge in [0.25, 0.3) is 0 Å². The van der Waals surface area contributed by atoms with Crippen LogP contribution in [0.3, 0.4) is 0 Å². The monoisotopic (exact) mass is 279 g/mol. The van der Waals surface area contributed by atoms with Gasteiger partial charge in [-0.1, -0.05) is 30.3 Å². The van der Waals surface area contributed by atoms with Crippen LogP contribution in [0, 0.1) is 5.41 Å². The van der Waals surface area contributed by atoms with Gasteiger partial charge in [0.05, 0.1) is 5.41 Å². The summed E-state index contributed by atoms with van der Waals surface area (Å²) in [4.78, 5) is 34.0. The predicted octanol–water partition coefficient (Wildman–Crippen LogP) is 1.43. The van der Waals surface area contributed by atoms with Gasteiger partial charge in [0.15, 0.2) is 6.04 Å². The van der Waals surface area contributed by atoms with Crippen molar-refractivity contribution in [1.82, 2.24) is 5.32 Å². The van der Waals surface area contributed by atoms with Gasteiger partial charge in [0, 0.05) is 6.42 Å². The van der Waals surface area contributed by atoms with Crippen molar-refractivity contribution < 1.29 is 24.6 Å². The molecule has 0 bridgehead atoms. The minimum absolute atomic E-state index is 0.293. The summed E-state index contributed by atoms with van der Waals surface area (Å²) in [5.41, 5.74) is -0.814. The van der Waals surface area contributed by atoms with E-state index in [0.717, 1.165) is 0 Å². The second-order valence-electron chi connectivity index (χ2n) is 5.12. The maximum atomic E-state index is 11.8. The van der Waals surface area contributed by atoms with E-state index >= 15 is 0 Å². The van der Waals surface area contributed by atoms with Crippen molar-refractivity contribution in [1.29, 1.82) is 0 Å². The molecule has 0 aliphatic rings. The lowest BCUT2D eigenvalue weighted by atomic mass is 9.89. The first-order valence-corrected chi connectivity index (χ1v) is 6.04. The number of nitrogens with one attached hydrogen (secondary N) is 1. The van der Waals surface area contributed by atoms with Crippen LogP contribution in [0.1, 0.15) is 31.9 Å². The van der Waals surface area contributed by atoms with Gasteiger partial charge in [-0.25, -0.2) is 4.79 Å². The number of carboxylic acid groups (broad SMARTS) is 2. The third-order valence-corrected chi connectivity index (χ3v) is 2.87. The first-order chi connectivity index (χ1) is 9.24. The Morgan fingerprint density at radius 2 is 1.70 bits per heavy atom. The summed E-state index contributed by atoms with van der Waals surface area (Å²) in [5.74, 6) is -2.93. The zero-order valence-electron chi connectivity index (χ0n) is 11.3. The average Bonchev–Trinajstić information content (AvgIpc) is 2.36. The van der Waals surface area contributed by atoms with E-state index in [1.54, 1.807) is 30.3 Å². The minimum atomic E-state index is -1.25. The van der Waals surface area contributed by atoms with Gasteiger partial charge in [0.1, 0.15) is 0 Å². The topological polar surface area (TPSA) is 104 Å². The van der Waals surface area contributed by atoms with E-state index in [1.807, 2.05) is 0 Å². The van der Waals surface area contributed by atoms with Crippen molar-refractivity contribution >= 4 is 17.8 Å². The van der Waals surface area contributed by atoms with Gasteiger partial charge >= 0.3 is 11.9 Å². The number of carboxylic acids is 2. The molecule has 3 N–H and O–H groups in total. The van der Waals surface area contributed by atoms with Crippen LogP contribution in [-0.2, 0) is 14.4 Å². The van der Waals surface area contributed by atoms with Gasteiger partial charge < -0.3 is 15.5 Å². The van der Waals surface area contributed by atoms with Crippen LogP contribution in [0.15, 0.2) is 30.3 Å². The van der Waals surface area contributed by atoms with Gasteiger partial charge in [0.2, 0.25) is 5.91 Å². The highest BCUT2D eigenvalue weighted by Gasteiger charge is 2.32. The fourth-order valence-corrected chi connectivity index (χ4v) is 1.62. The molecule has 1 aromatic carbocycles. The van der Waals surface area contributed by atoms with E-state index in [-0.39, 0.29) is 6.42 Å². The molecule has 0 spiro atoms. The quantitative estimate of drug-likeness (QED) is 0.730. The van der Waals surface area contributed by atoms with Crippen molar-refractivity contribution in [2.75, 3.05) is 0 Å². The number of hydrogen-bond donors (Lipinski definition) is 3. The minimum Gasteiger partial charge on any atom is -0.481 e. The van der Waals surface area contributed by atoms with Crippen molar-refractivity contribution in [3.8, 4) is 0 Å². The summed E-state index contributed by atoms with van der Waals surface area (Å²) in [7, 11) is 0. The average molecular weight is 279 g/mol. The summed E-state index contributed by atoms with van der Waals surface area (Å²) < 4.78 is 0. The molecule has 1 rings (SSSR count). The number of amides is 1. The molecule has 1 aromatic rings. The lowest BCUT2D eigenvalue weighted by molar-refractivity contribution is -0.150. The molecule has 20 heavy (non-hydrogen) atoms. The maximum Gasteiger partial charge on any atom is 0.330 e. The van der Waals surface area contributed by atoms with Crippen LogP contribution >= 0.6 is 0 Å². The molecule has 0 aliphatic carbocycles. The fraction of sp³-hybridized carbons (Fsp3) is 0.357. The van der Waals surface area contributed by atoms with Crippen LogP contribution in [0.5, 0.6) is 0 Å². The second kappa shape index (κ2) is 6.18. The van der Waals surface area contributed by atoms with Gasteiger partial charge in [-0.15, -0.1) is 0 Å². The molecular weight excluding hydrogens is 262 g/mol. The van der Waals surface area contributed by atoms with Gasteiger partial charge in [-0.3, -0.25) is 9.59 Å². The highest BCUT2D eigenvalue weighted by Crippen LogP contribution is 2.21. The molecule has 0 fully saturated rings. The predicted molar refractivity (Wildman–Crippen MR) is 71.0 cm³/mol. The maximum absolute atomic E-state index is 11.8. The molecule has 0 aromatic heterocycles. The Hall–Kier alpha value is -2.37. The number of benzene rings is 1. The molecule has 6 heteroatoms. The molecule has 6 nitrogen and oxygen atoms in total. The summed E-state index contributed by atoms with van der Waals surface area (Å²) in [6, 6.07) is 7.05. The van der Waals surface area contributed by atoms with Crippen LogP contribution in [-0.4, -0.2) is 28.1 Å². The zero-order chi connectivity index (χ0) is 15.3. The van der Waals surface area contributed by atoms with E-state index in [4.69, 9.17) is 10.2 Å². The highest BCUT2D eigenvalue weighted by atomic mass is 16.4. The van der Waals surface area contributed by atoms with Crippen LogP contribution < -0.4 is 5.32 Å². The lowest BCUT2D eigenvalue weighted by Gasteiger charge is -2.20. The van der Waals surface area contributed by atoms with Crippen LogP contribution in [0.25, 0.3) is 0 Å². The summed E-state index contributed by atoms with van der Waals surface area (Å²) in [5, 5.41) is 20.4. The summed E-state index contributed by atoms with van der Waals surface area (Å²) >= 11 is 0. The van der Waals surface area contributed by atoms with Gasteiger partial charge in [-0.05, 0) is 19.4 Å². The Bertz CT molecular complexity index is 510. The van der Waals surface area contributed by atoms with E-state index in [1.165, 1.54) is 13.8 Å². The first kappa shape index (κ1) is 15.7. The first-order valence-electron chi connectivity index (χ1n) is 6.04. The molecule has 0 aliphatic heterocycles. The zero-order valence-corrected chi connectivity index (χ0v) is 11.3. The number of carbonyl (C=O) groups is 3. The Morgan fingerprint density at radius 1 is 1.15 bits per heavy atom.